The maximum atomic E-state index is 5.94. The molecule has 2 aliphatic carbocycles. The Hall–Kier alpha value is -1.24. The summed E-state index contributed by atoms with van der Waals surface area (Å²) >= 11 is 0. The van der Waals surface area contributed by atoms with Gasteiger partial charge in [-0.05, 0) is 42.4 Å². The van der Waals surface area contributed by atoms with Crippen LogP contribution in [0.3, 0.4) is 0 Å². The van der Waals surface area contributed by atoms with Crippen LogP contribution in [0, 0.1) is 11.3 Å². The topological polar surface area (TPSA) is 9.23 Å². The molecular formula is C16H22O. The molecule has 0 aliphatic heterocycles. The third kappa shape index (κ3) is 3.36. The van der Waals surface area contributed by atoms with E-state index in [9.17, 15) is 0 Å². The Bertz CT molecular complexity index is 388. The smallest absolute Gasteiger partial charge is 0.122 e. The largest absolute Gasteiger partial charge is 0.462 e. The second-order valence-electron chi connectivity index (χ2n) is 5.88. The van der Waals surface area contributed by atoms with Gasteiger partial charge < -0.3 is 4.74 Å². The molecule has 2 aliphatic rings. The highest BCUT2D eigenvalue weighted by Crippen LogP contribution is 2.34. The Kier molecular flexibility index (Phi) is 3.56. The molecule has 0 N–H and O–H groups in total. The minimum Gasteiger partial charge on any atom is -0.462 e. The van der Waals surface area contributed by atoms with E-state index in [0.29, 0.717) is 11.3 Å². The van der Waals surface area contributed by atoms with Crippen LogP contribution in [0.1, 0.15) is 40.0 Å². The molecule has 1 nitrogen and oxygen atoms in total. The Labute approximate surface area is 105 Å². The molecule has 0 aromatic heterocycles. The van der Waals surface area contributed by atoms with Crippen LogP contribution >= 0.6 is 0 Å². The molecule has 0 bridgehead atoms. The lowest BCUT2D eigenvalue weighted by Crippen LogP contribution is -2.20. The molecule has 0 radical (unpaired) electrons. The van der Waals surface area contributed by atoms with Crippen molar-refractivity contribution in [1.29, 1.82) is 0 Å². The van der Waals surface area contributed by atoms with Gasteiger partial charge in [0.15, 0.2) is 0 Å². The minimum atomic E-state index is 0.306. The fourth-order valence-corrected chi connectivity index (χ4v) is 2.14. The molecular weight excluding hydrogens is 208 g/mol. The fraction of sp³-hybridized carbons (Fsp3) is 0.500. The van der Waals surface area contributed by atoms with Crippen molar-refractivity contribution in [2.45, 2.75) is 40.0 Å². The lowest BCUT2D eigenvalue weighted by molar-refractivity contribution is 0.260. The van der Waals surface area contributed by atoms with E-state index < -0.39 is 0 Å². The fourth-order valence-electron chi connectivity index (χ4n) is 2.14. The van der Waals surface area contributed by atoms with Gasteiger partial charge in [0.05, 0.1) is 0 Å². The molecule has 0 saturated carbocycles. The van der Waals surface area contributed by atoms with Gasteiger partial charge in [-0.2, -0.15) is 0 Å². The highest BCUT2D eigenvalue weighted by Gasteiger charge is 2.24. The summed E-state index contributed by atoms with van der Waals surface area (Å²) in [7, 11) is 0. The predicted molar refractivity (Wildman–Crippen MR) is 72.3 cm³/mol. The quantitative estimate of drug-likeness (QED) is 0.665. The van der Waals surface area contributed by atoms with Gasteiger partial charge in [0.1, 0.15) is 11.5 Å². The van der Waals surface area contributed by atoms with Crippen molar-refractivity contribution in [3.05, 3.63) is 48.0 Å². The molecule has 0 saturated heterocycles. The van der Waals surface area contributed by atoms with E-state index in [0.717, 1.165) is 30.8 Å². The summed E-state index contributed by atoms with van der Waals surface area (Å²) in [5.74, 6) is 2.66. The number of hydrogen-bond acceptors (Lipinski definition) is 1. The average Bonchev–Trinajstić information content (AvgIpc) is 2.29. The lowest BCUT2D eigenvalue weighted by atomic mass is 9.77. The van der Waals surface area contributed by atoms with Gasteiger partial charge in [0.25, 0.3) is 0 Å². The Balaban J connectivity index is 2.05. The number of rotatable bonds is 2. The van der Waals surface area contributed by atoms with E-state index in [4.69, 9.17) is 4.74 Å². The first-order chi connectivity index (χ1) is 8.05. The first-order valence-corrected chi connectivity index (χ1v) is 6.47. The molecule has 0 amide bonds. The predicted octanol–water partition coefficient (Wildman–Crippen LogP) is 4.74. The standard InChI is InChI=1S/C16H22O/c1-16(2,3)13-8-7-11-15(12-13)17-14-9-5-4-6-10-14/h4-5,7,9,11-13H,6,8,10H2,1-3H3. The van der Waals surface area contributed by atoms with E-state index in [-0.39, 0.29) is 0 Å². The van der Waals surface area contributed by atoms with Gasteiger partial charge in [-0.15, -0.1) is 0 Å². The van der Waals surface area contributed by atoms with E-state index in [1.165, 1.54) is 0 Å². The molecule has 0 fully saturated rings. The molecule has 2 rings (SSSR count). The Morgan fingerprint density at radius 2 is 2.06 bits per heavy atom. The molecule has 1 heteroatoms. The summed E-state index contributed by atoms with van der Waals surface area (Å²) in [4.78, 5) is 0. The summed E-state index contributed by atoms with van der Waals surface area (Å²) in [6, 6.07) is 0. The highest BCUT2D eigenvalue weighted by molar-refractivity contribution is 5.23. The summed E-state index contributed by atoms with van der Waals surface area (Å²) in [6.45, 7) is 6.86. The normalized spacial score (nSPS) is 24.3. The summed E-state index contributed by atoms with van der Waals surface area (Å²) < 4.78 is 5.94. The van der Waals surface area contributed by atoms with Gasteiger partial charge >= 0.3 is 0 Å². The van der Waals surface area contributed by atoms with Gasteiger partial charge in [0.2, 0.25) is 0 Å². The van der Waals surface area contributed by atoms with Gasteiger partial charge in [-0.25, -0.2) is 0 Å². The van der Waals surface area contributed by atoms with Crippen LogP contribution in [0.15, 0.2) is 48.0 Å². The zero-order valence-electron chi connectivity index (χ0n) is 11.1. The van der Waals surface area contributed by atoms with Crippen LogP contribution in [-0.2, 0) is 4.74 Å². The summed E-state index contributed by atoms with van der Waals surface area (Å²) in [6.07, 6.45) is 16.1. The van der Waals surface area contributed by atoms with Crippen molar-refractivity contribution in [3.63, 3.8) is 0 Å². The van der Waals surface area contributed by atoms with Gasteiger partial charge in [-0.3, -0.25) is 0 Å². The number of ether oxygens (including phenoxy) is 1. The van der Waals surface area contributed by atoms with E-state index >= 15 is 0 Å². The van der Waals surface area contributed by atoms with Crippen LogP contribution in [0.2, 0.25) is 0 Å². The van der Waals surface area contributed by atoms with E-state index in [1.807, 2.05) is 0 Å². The molecule has 17 heavy (non-hydrogen) atoms. The minimum absolute atomic E-state index is 0.306. The van der Waals surface area contributed by atoms with Gasteiger partial charge in [0, 0.05) is 6.42 Å². The summed E-state index contributed by atoms with van der Waals surface area (Å²) in [5.41, 5.74) is 0.306. The first-order valence-electron chi connectivity index (χ1n) is 6.47. The van der Waals surface area contributed by atoms with Crippen molar-refractivity contribution < 1.29 is 4.74 Å². The average molecular weight is 230 g/mol. The molecule has 0 aromatic carbocycles. The maximum absolute atomic E-state index is 5.94. The SMILES string of the molecule is CC(C)(C)C1C=C(OC2=CC=CCC2)C=CC1. The first kappa shape index (κ1) is 12.2. The number of hydrogen-bond donors (Lipinski definition) is 0. The second kappa shape index (κ2) is 4.95. The van der Waals surface area contributed by atoms with Crippen molar-refractivity contribution >= 4 is 0 Å². The van der Waals surface area contributed by atoms with E-state index in [1.54, 1.807) is 0 Å². The van der Waals surface area contributed by atoms with Crippen molar-refractivity contribution in [3.8, 4) is 0 Å². The lowest BCUT2D eigenvalue weighted by Gasteiger charge is -2.29. The third-order valence-electron chi connectivity index (χ3n) is 3.37. The van der Waals surface area contributed by atoms with Crippen molar-refractivity contribution in [2.75, 3.05) is 0 Å². The maximum Gasteiger partial charge on any atom is 0.122 e. The second-order valence-corrected chi connectivity index (χ2v) is 5.88. The Morgan fingerprint density at radius 3 is 2.71 bits per heavy atom. The van der Waals surface area contributed by atoms with E-state index in [2.05, 4.69) is 57.2 Å². The Morgan fingerprint density at radius 1 is 1.24 bits per heavy atom. The summed E-state index contributed by atoms with van der Waals surface area (Å²) in [5, 5.41) is 0. The third-order valence-corrected chi connectivity index (χ3v) is 3.37. The van der Waals surface area contributed by atoms with Gasteiger partial charge in [-0.1, -0.05) is 39.0 Å². The zero-order chi connectivity index (χ0) is 12.3. The zero-order valence-corrected chi connectivity index (χ0v) is 11.1. The van der Waals surface area contributed by atoms with Crippen LogP contribution in [0.5, 0.6) is 0 Å². The highest BCUT2D eigenvalue weighted by atomic mass is 16.5. The molecule has 0 spiro atoms. The monoisotopic (exact) mass is 230 g/mol. The molecule has 0 heterocycles. The molecule has 0 aromatic rings. The van der Waals surface area contributed by atoms with Crippen LogP contribution in [-0.4, -0.2) is 0 Å². The van der Waals surface area contributed by atoms with Crippen LogP contribution in [0.25, 0.3) is 0 Å². The van der Waals surface area contributed by atoms with Crippen LogP contribution in [0.4, 0.5) is 0 Å². The molecule has 1 atom stereocenters. The number of allylic oxidation sites excluding steroid dienone is 7. The van der Waals surface area contributed by atoms with Crippen molar-refractivity contribution in [2.24, 2.45) is 11.3 Å². The molecule has 92 valence electrons. The molecule has 1 unspecified atom stereocenters. The van der Waals surface area contributed by atoms with Crippen molar-refractivity contribution in [1.82, 2.24) is 0 Å². The van der Waals surface area contributed by atoms with Crippen LogP contribution < -0.4 is 0 Å².